The van der Waals surface area contributed by atoms with Gasteiger partial charge in [0, 0.05) is 11.1 Å². The van der Waals surface area contributed by atoms with Crippen molar-refractivity contribution in [2.75, 3.05) is 0 Å². The van der Waals surface area contributed by atoms with E-state index in [1.54, 1.807) is 24.3 Å². The number of fused-ring (bicyclic) bond motifs is 1. The van der Waals surface area contributed by atoms with E-state index in [0.29, 0.717) is 10.6 Å². The Morgan fingerprint density at radius 2 is 1.52 bits per heavy atom. The number of hydrogen-bond donors (Lipinski definition) is 0. The molecule has 126 valence electrons. The van der Waals surface area contributed by atoms with Gasteiger partial charge in [0.05, 0.1) is 16.1 Å². The van der Waals surface area contributed by atoms with Crippen LogP contribution in [0.15, 0.2) is 60.7 Å². The first-order valence-corrected chi connectivity index (χ1v) is 8.13. The van der Waals surface area contributed by atoms with Crippen LogP contribution in [0.3, 0.4) is 0 Å². The fourth-order valence-electron chi connectivity index (χ4n) is 2.83. The summed E-state index contributed by atoms with van der Waals surface area (Å²) in [5.74, 6) is -2.26. The van der Waals surface area contributed by atoms with Crippen LogP contribution in [0.1, 0.15) is 11.1 Å². The summed E-state index contributed by atoms with van der Waals surface area (Å²) in [4.78, 5) is 0. The van der Waals surface area contributed by atoms with E-state index < -0.39 is 17.4 Å². The number of ether oxygens (including phenoxy) is 2. The van der Waals surface area contributed by atoms with Crippen LogP contribution in [0.25, 0.3) is 0 Å². The predicted octanol–water partition coefficient (Wildman–Crippen LogP) is 5.94. The second-order valence-electron chi connectivity index (χ2n) is 5.52. The van der Waals surface area contributed by atoms with Crippen molar-refractivity contribution >= 4 is 23.2 Å². The molecule has 1 aliphatic heterocycles. The summed E-state index contributed by atoms with van der Waals surface area (Å²) in [5, 5.41) is 0.656. The van der Waals surface area contributed by atoms with Gasteiger partial charge < -0.3 is 9.47 Å². The van der Waals surface area contributed by atoms with Crippen molar-refractivity contribution in [2.24, 2.45) is 0 Å². The third-order valence-corrected chi connectivity index (χ3v) is 4.48. The summed E-state index contributed by atoms with van der Waals surface area (Å²) >= 11 is 12.3. The maximum Gasteiger partial charge on any atom is 0.309 e. The van der Waals surface area contributed by atoms with Crippen LogP contribution < -0.4 is 9.47 Å². The molecule has 0 aromatic heterocycles. The Kier molecular flexibility index (Phi) is 3.82. The minimum Gasteiger partial charge on any atom is -0.440 e. The zero-order valence-corrected chi connectivity index (χ0v) is 14.1. The Bertz CT molecular complexity index is 977. The van der Waals surface area contributed by atoms with Crippen LogP contribution in [-0.2, 0) is 5.79 Å². The first kappa shape index (κ1) is 16.2. The largest absolute Gasteiger partial charge is 0.440 e. The Labute approximate surface area is 152 Å². The quantitative estimate of drug-likeness (QED) is 0.548. The van der Waals surface area contributed by atoms with E-state index in [-0.39, 0.29) is 22.1 Å². The van der Waals surface area contributed by atoms with Gasteiger partial charge >= 0.3 is 5.79 Å². The molecule has 3 aromatic rings. The molecule has 0 bridgehead atoms. The Morgan fingerprint density at radius 1 is 0.760 bits per heavy atom. The number of rotatable bonds is 2. The molecule has 0 fully saturated rings. The van der Waals surface area contributed by atoms with E-state index in [0.717, 1.165) is 0 Å². The van der Waals surface area contributed by atoms with Crippen molar-refractivity contribution in [3.63, 3.8) is 0 Å². The highest BCUT2D eigenvalue weighted by molar-refractivity contribution is 6.35. The van der Waals surface area contributed by atoms with Crippen LogP contribution in [0, 0.1) is 11.6 Å². The van der Waals surface area contributed by atoms with E-state index in [1.165, 1.54) is 36.4 Å². The molecule has 3 aromatic carbocycles. The second kappa shape index (κ2) is 5.90. The van der Waals surface area contributed by atoms with E-state index in [4.69, 9.17) is 32.7 Å². The fourth-order valence-corrected chi connectivity index (χ4v) is 3.36. The van der Waals surface area contributed by atoms with E-state index in [2.05, 4.69) is 0 Å². The molecule has 4 rings (SSSR count). The predicted molar refractivity (Wildman–Crippen MR) is 91.3 cm³/mol. The minimum absolute atomic E-state index is 0.121. The van der Waals surface area contributed by atoms with E-state index in [1.807, 2.05) is 0 Å². The van der Waals surface area contributed by atoms with Crippen LogP contribution in [0.5, 0.6) is 11.5 Å². The average Bonchev–Trinajstić information content (AvgIpc) is 2.94. The van der Waals surface area contributed by atoms with Gasteiger partial charge in [-0.15, -0.1) is 0 Å². The molecule has 1 heterocycles. The smallest absolute Gasteiger partial charge is 0.309 e. The molecule has 0 saturated carbocycles. The van der Waals surface area contributed by atoms with Gasteiger partial charge in [-0.2, -0.15) is 0 Å². The van der Waals surface area contributed by atoms with Crippen molar-refractivity contribution in [1.29, 1.82) is 0 Å². The fraction of sp³-hybridized carbons (Fsp3) is 0.0526. The molecule has 1 unspecified atom stereocenters. The zero-order valence-electron chi connectivity index (χ0n) is 12.6. The summed E-state index contributed by atoms with van der Waals surface area (Å²) in [7, 11) is 0. The van der Waals surface area contributed by atoms with E-state index in [9.17, 15) is 8.78 Å². The summed E-state index contributed by atoms with van der Waals surface area (Å²) in [6, 6.07) is 14.6. The normalized spacial score (nSPS) is 18.4. The molecule has 1 aliphatic rings. The topological polar surface area (TPSA) is 18.5 Å². The van der Waals surface area contributed by atoms with Crippen LogP contribution in [0.2, 0.25) is 10.0 Å². The Hall–Kier alpha value is -2.30. The number of benzene rings is 3. The van der Waals surface area contributed by atoms with E-state index >= 15 is 0 Å². The molecule has 0 amide bonds. The lowest BCUT2D eigenvalue weighted by atomic mass is 9.96. The third kappa shape index (κ3) is 2.62. The molecular weight excluding hydrogens is 369 g/mol. The molecule has 2 nitrogen and oxygen atoms in total. The van der Waals surface area contributed by atoms with Gasteiger partial charge in [-0.1, -0.05) is 35.3 Å². The molecular formula is C19H10Cl2F2O2. The van der Waals surface area contributed by atoms with Gasteiger partial charge in [-0.3, -0.25) is 0 Å². The maximum absolute atomic E-state index is 14.6. The van der Waals surface area contributed by atoms with Gasteiger partial charge in [-0.25, -0.2) is 8.78 Å². The van der Waals surface area contributed by atoms with Gasteiger partial charge in [0.25, 0.3) is 0 Å². The summed E-state index contributed by atoms with van der Waals surface area (Å²) in [5.41, 5.74) is 0.483. The summed E-state index contributed by atoms with van der Waals surface area (Å²) in [6.45, 7) is 0. The molecule has 0 radical (unpaired) electrons. The number of halogens is 4. The van der Waals surface area contributed by atoms with Crippen molar-refractivity contribution in [2.45, 2.75) is 5.79 Å². The minimum atomic E-state index is -1.68. The lowest BCUT2D eigenvalue weighted by molar-refractivity contribution is -0.0486. The van der Waals surface area contributed by atoms with Gasteiger partial charge in [0.1, 0.15) is 11.6 Å². The maximum atomic E-state index is 14.6. The lowest BCUT2D eigenvalue weighted by Crippen LogP contribution is -2.38. The first-order chi connectivity index (χ1) is 12.0. The Balaban J connectivity index is 1.97. The summed E-state index contributed by atoms with van der Waals surface area (Å²) in [6.07, 6.45) is 0. The van der Waals surface area contributed by atoms with Gasteiger partial charge in [-0.05, 0) is 42.5 Å². The van der Waals surface area contributed by atoms with Crippen molar-refractivity contribution in [3.05, 3.63) is 93.5 Å². The van der Waals surface area contributed by atoms with Crippen molar-refractivity contribution in [3.8, 4) is 11.5 Å². The van der Waals surface area contributed by atoms with Gasteiger partial charge in [0.15, 0.2) is 11.5 Å². The number of hydrogen-bond acceptors (Lipinski definition) is 2. The van der Waals surface area contributed by atoms with Crippen molar-refractivity contribution < 1.29 is 18.3 Å². The SMILES string of the molecule is Fc1ccc2c(c1)OC(c1ccccc1F)(c1ccc(Cl)cc1Cl)O2. The average molecular weight is 379 g/mol. The van der Waals surface area contributed by atoms with Crippen LogP contribution >= 0.6 is 23.2 Å². The highest BCUT2D eigenvalue weighted by Gasteiger charge is 2.48. The molecule has 0 saturated heterocycles. The molecule has 6 heteroatoms. The highest BCUT2D eigenvalue weighted by atomic mass is 35.5. The third-order valence-electron chi connectivity index (χ3n) is 3.93. The second-order valence-corrected chi connectivity index (χ2v) is 6.36. The lowest BCUT2D eigenvalue weighted by Gasteiger charge is -2.29. The molecule has 0 spiro atoms. The monoisotopic (exact) mass is 378 g/mol. The van der Waals surface area contributed by atoms with Gasteiger partial charge in [0.2, 0.25) is 0 Å². The zero-order chi connectivity index (χ0) is 17.6. The first-order valence-electron chi connectivity index (χ1n) is 7.38. The molecule has 0 aliphatic carbocycles. The summed E-state index contributed by atoms with van der Waals surface area (Å²) < 4.78 is 40.0. The Morgan fingerprint density at radius 3 is 2.28 bits per heavy atom. The van der Waals surface area contributed by atoms with Crippen LogP contribution in [0.4, 0.5) is 8.78 Å². The standard InChI is InChI=1S/C19H10Cl2F2O2/c20-11-5-7-13(15(21)9-11)19(14-3-1-2-4-16(14)23)24-17-8-6-12(22)10-18(17)25-19/h1-10H. The van der Waals surface area contributed by atoms with Crippen LogP contribution in [-0.4, -0.2) is 0 Å². The van der Waals surface area contributed by atoms with Crippen molar-refractivity contribution in [1.82, 2.24) is 0 Å². The molecule has 0 N–H and O–H groups in total. The molecule has 25 heavy (non-hydrogen) atoms. The molecule has 1 atom stereocenters. The highest BCUT2D eigenvalue weighted by Crippen LogP contribution is 2.50.